The van der Waals surface area contributed by atoms with E-state index in [1.54, 1.807) is 6.08 Å². The van der Waals surface area contributed by atoms with Crippen molar-refractivity contribution < 1.29 is 4.79 Å². The zero-order valence-corrected chi connectivity index (χ0v) is 11.4. The fourth-order valence-electron chi connectivity index (χ4n) is 2.18. The Kier molecular flexibility index (Phi) is 2.70. The van der Waals surface area contributed by atoms with E-state index >= 15 is 0 Å². The third-order valence-electron chi connectivity index (χ3n) is 3.03. The lowest BCUT2D eigenvalue weighted by molar-refractivity contribution is -0.128. The Bertz CT molecular complexity index is 553. The van der Waals surface area contributed by atoms with E-state index < -0.39 is 0 Å². The molecule has 0 radical (unpaired) electrons. The summed E-state index contributed by atoms with van der Waals surface area (Å²) >= 11 is 3.62. The maximum atomic E-state index is 11.9. The normalized spacial score (nSPS) is 26.3. The van der Waals surface area contributed by atoms with Crippen LogP contribution in [0.2, 0.25) is 0 Å². The predicted octanol–water partition coefficient (Wildman–Crippen LogP) is 1.83. The Hall–Kier alpha value is -1.62. The Labute approximate surface area is 113 Å². The van der Waals surface area contributed by atoms with E-state index in [2.05, 4.69) is 26.3 Å². The van der Waals surface area contributed by atoms with Gasteiger partial charge in [0.05, 0.1) is 10.5 Å². The molecule has 0 spiro atoms. The van der Waals surface area contributed by atoms with E-state index in [4.69, 9.17) is 0 Å². The van der Waals surface area contributed by atoms with Crippen molar-refractivity contribution in [3.8, 4) is 0 Å². The first-order chi connectivity index (χ1) is 8.66. The predicted molar refractivity (Wildman–Crippen MR) is 73.2 cm³/mol. The number of hydrazone groups is 1. The van der Waals surface area contributed by atoms with Crippen molar-refractivity contribution >= 4 is 27.5 Å². The molecule has 4 nitrogen and oxygen atoms in total. The molecule has 0 fully saturated rings. The molecule has 0 aromatic heterocycles. The zero-order valence-electron chi connectivity index (χ0n) is 9.80. The minimum atomic E-state index is -0.141. The van der Waals surface area contributed by atoms with Gasteiger partial charge >= 0.3 is 0 Å². The van der Waals surface area contributed by atoms with Crippen LogP contribution >= 0.6 is 15.9 Å². The smallest absolute Gasteiger partial charge is 0.270 e. The lowest BCUT2D eigenvalue weighted by atomic mass is 10.1. The van der Waals surface area contributed by atoms with Gasteiger partial charge in [-0.15, -0.1) is 0 Å². The molecule has 5 heteroatoms. The molecule has 0 bridgehead atoms. The summed E-state index contributed by atoms with van der Waals surface area (Å²) in [5.74, 6) is -0.0772. The first kappa shape index (κ1) is 11.5. The second-order valence-corrected chi connectivity index (χ2v) is 5.34. The molecule has 2 atom stereocenters. The van der Waals surface area contributed by atoms with Crippen LogP contribution in [0.25, 0.3) is 0 Å². The minimum Gasteiger partial charge on any atom is -0.366 e. The summed E-state index contributed by atoms with van der Waals surface area (Å²) in [5, 5.41) is 9.18. The zero-order chi connectivity index (χ0) is 12.7. The topological polar surface area (TPSA) is 44.7 Å². The van der Waals surface area contributed by atoms with Gasteiger partial charge in [-0.25, -0.2) is 5.01 Å². The molecule has 0 aliphatic carbocycles. The number of amides is 1. The molecule has 1 amide bonds. The van der Waals surface area contributed by atoms with Crippen molar-refractivity contribution in [2.24, 2.45) is 5.10 Å². The number of hydrogen-bond donors (Lipinski definition) is 1. The number of carbonyl (C=O) groups is 1. The van der Waals surface area contributed by atoms with Crippen molar-refractivity contribution in [3.05, 3.63) is 47.7 Å². The summed E-state index contributed by atoms with van der Waals surface area (Å²) < 4.78 is 0. The van der Waals surface area contributed by atoms with Crippen LogP contribution in [0.15, 0.2) is 47.2 Å². The van der Waals surface area contributed by atoms with Crippen molar-refractivity contribution in [3.63, 3.8) is 0 Å². The maximum absolute atomic E-state index is 11.9. The monoisotopic (exact) mass is 305 g/mol. The van der Waals surface area contributed by atoms with E-state index in [9.17, 15) is 4.79 Å². The van der Waals surface area contributed by atoms with Crippen molar-refractivity contribution in [2.75, 3.05) is 0 Å². The van der Waals surface area contributed by atoms with Crippen LogP contribution in [-0.2, 0) is 4.79 Å². The summed E-state index contributed by atoms with van der Waals surface area (Å²) in [6.07, 6.45) is 1.42. The number of nitrogens with one attached hydrogen (secondary N) is 1. The van der Waals surface area contributed by atoms with Crippen LogP contribution in [0, 0.1) is 0 Å². The number of hydrogen-bond acceptors (Lipinski definition) is 3. The van der Waals surface area contributed by atoms with E-state index in [-0.39, 0.29) is 16.9 Å². The molecule has 0 saturated heterocycles. The van der Waals surface area contributed by atoms with Gasteiger partial charge in [-0.05, 0) is 12.5 Å². The van der Waals surface area contributed by atoms with Crippen LogP contribution in [0.3, 0.4) is 0 Å². The average Bonchev–Trinajstić information content (AvgIpc) is 2.69. The van der Waals surface area contributed by atoms with Gasteiger partial charge in [-0.2, -0.15) is 5.10 Å². The molecule has 2 aliphatic rings. The van der Waals surface area contributed by atoms with Gasteiger partial charge in [0.1, 0.15) is 6.17 Å². The number of rotatable bonds is 1. The summed E-state index contributed by atoms with van der Waals surface area (Å²) in [6.45, 7) is 1.88. The van der Waals surface area contributed by atoms with Crippen molar-refractivity contribution in [2.45, 2.75) is 17.9 Å². The summed E-state index contributed by atoms with van der Waals surface area (Å²) in [5.41, 5.74) is 2.78. The van der Waals surface area contributed by atoms with Gasteiger partial charge in [-0.1, -0.05) is 46.3 Å². The van der Waals surface area contributed by atoms with Crippen LogP contribution in [0.1, 0.15) is 12.5 Å². The molecule has 1 aromatic rings. The Morgan fingerprint density at radius 2 is 2.06 bits per heavy atom. The van der Waals surface area contributed by atoms with E-state index in [0.717, 1.165) is 17.0 Å². The summed E-state index contributed by atoms with van der Waals surface area (Å²) in [7, 11) is 0. The highest BCUT2D eigenvalue weighted by atomic mass is 79.9. The van der Waals surface area contributed by atoms with Gasteiger partial charge in [-0.3, -0.25) is 4.79 Å². The van der Waals surface area contributed by atoms with Gasteiger partial charge in [0.25, 0.3) is 5.91 Å². The molecule has 1 aromatic carbocycles. The van der Waals surface area contributed by atoms with Crippen LogP contribution < -0.4 is 5.32 Å². The van der Waals surface area contributed by atoms with E-state index in [1.807, 2.05) is 37.3 Å². The molecule has 2 unspecified atom stereocenters. The minimum absolute atomic E-state index is 0.00694. The fourth-order valence-corrected chi connectivity index (χ4v) is 2.89. The fraction of sp³-hybridized carbons (Fsp3) is 0.231. The third-order valence-corrected chi connectivity index (χ3v) is 3.96. The second-order valence-electron chi connectivity index (χ2n) is 4.35. The molecule has 18 heavy (non-hydrogen) atoms. The van der Waals surface area contributed by atoms with E-state index in [0.29, 0.717) is 0 Å². The summed E-state index contributed by atoms with van der Waals surface area (Å²) in [6, 6.07) is 9.89. The highest BCUT2D eigenvalue weighted by Gasteiger charge is 2.40. The molecule has 2 aliphatic heterocycles. The Balaban J connectivity index is 1.97. The highest BCUT2D eigenvalue weighted by molar-refractivity contribution is 9.10. The number of carbonyl (C=O) groups excluding carboxylic acids is 1. The van der Waals surface area contributed by atoms with Gasteiger partial charge in [0.2, 0.25) is 0 Å². The Morgan fingerprint density at radius 1 is 1.33 bits per heavy atom. The maximum Gasteiger partial charge on any atom is 0.270 e. The standard InChI is InChI=1S/C13H12BrN3O/c1-8-7-10(18)17-13(15-8)11(14)12(16-17)9-5-3-2-4-6-9/h2-7,11,13,15H,1H3. The first-order valence-corrected chi connectivity index (χ1v) is 6.64. The number of fused-ring (bicyclic) bond motifs is 1. The molecular formula is C13H12BrN3O. The lowest BCUT2D eigenvalue weighted by Crippen LogP contribution is -2.50. The second kappa shape index (κ2) is 4.24. The first-order valence-electron chi connectivity index (χ1n) is 5.73. The highest BCUT2D eigenvalue weighted by Crippen LogP contribution is 2.27. The molecule has 92 valence electrons. The molecule has 2 heterocycles. The van der Waals surface area contributed by atoms with Crippen molar-refractivity contribution in [1.29, 1.82) is 0 Å². The average molecular weight is 306 g/mol. The van der Waals surface area contributed by atoms with Crippen LogP contribution in [0.4, 0.5) is 0 Å². The number of alkyl halides is 1. The number of allylic oxidation sites excluding steroid dienone is 1. The van der Waals surface area contributed by atoms with Crippen LogP contribution in [-0.4, -0.2) is 27.6 Å². The molecule has 1 N–H and O–H groups in total. The lowest BCUT2D eigenvalue weighted by Gasteiger charge is -2.29. The molecule has 3 rings (SSSR count). The quantitative estimate of drug-likeness (QED) is 0.805. The Morgan fingerprint density at radius 3 is 2.78 bits per heavy atom. The number of nitrogens with zero attached hydrogens (tertiary/aromatic N) is 2. The SMILES string of the molecule is CC1=CC(=O)N2N=C(c3ccccc3)C(Br)C2N1. The van der Waals surface area contributed by atoms with E-state index in [1.165, 1.54) is 5.01 Å². The van der Waals surface area contributed by atoms with Crippen molar-refractivity contribution in [1.82, 2.24) is 10.3 Å². The molecular weight excluding hydrogens is 294 g/mol. The van der Waals surface area contributed by atoms with Gasteiger partial charge < -0.3 is 5.32 Å². The third kappa shape index (κ3) is 1.75. The van der Waals surface area contributed by atoms with Gasteiger partial charge in [0.15, 0.2) is 0 Å². The number of halogens is 1. The van der Waals surface area contributed by atoms with Crippen LogP contribution in [0.5, 0.6) is 0 Å². The van der Waals surface area contributed by atoms with Gasteiger partial charge in [0, 0.05) is 11.8 Å². The summed E-state index contributed by atoms with van der Waals surface area (Å²) in [4.78, 5) is 11.9. The largest absolute Gasteiger partial charge is 0.366 e. The number of benzene rings is 1. The molecule has 0 saturated carbocycles.